The minimum absolute atomic E-state index is 0.0504. The number of carbonyl (C=O) groups is 2. The number of ketones is 1. The Morgan fingerprint density at radius 2 is 2.20 bits per heavy atom. The molecule has 4 heteroatoms. The fourth-order valence-electron chi connectivity index (χ4n) is 1.24. The summed E-state index contributed by atoms with van der Waals surface area (Å²) in [6.07, 6.45) is 0.721. The maximum atomic E-state index is 11.2. The first kappa shape index (κ1) is 12.2. The summed E-state index contributed by atoms with van der Waals surface area (Å²) in [6.45, 7) is 3.82. The summed E-state index contributed by atoms with van der Waals surface area (Å²) < 4.78 is 5.95. The van der Waals surface area contributed by atoms with Crippen molar-refractivity contribution in [1.29, 1.82) is 0 Å². The van der Waals surface area contributed by atoms with Crippen LogP contribution in [0.25, 0.3) is 0 Å². The second-order valence-corrected chi connectivity index (χ2v) is 4.02. The zero-order valence-electron chi connectivity index (χ0n) is 8.54. The van der Waals surface area contributed by atoms with Gasteiger partial charge in [-0.25, -0.2) is 0 Å². The highest BCUT2D eigenvalue weighted by Crippen LogP contribution is 2.26. The summed E-state index contributed by atoms with van der Waals surface area (Å²) in [6, 6.07) is 3.34. The largest absolute Gasteiger partial charge is 0.493 e. The Morgan fingerprint density at radius 1 is 1.53 bits per heavy atom. The molecule has 0 heterocycles. The molecule has 0 aliphatic carbocycles. The first-order chi connectivity index (χ1) is 7.11. The molecule has 0 amide bonds. The summed E-state index contributed by atoms with van der Waals surface area (Å²) in [4.78, 5) is 22.1. The Kier molecular flexibility index (Phi) is 4.26. The molecule has 0 unspecified atom stereocenters. The zero-order chi connectivity index (χ0) is 11.4. The number of hydrogen-bond donors (Lipinski definition) is 0. The van der Waals surface area contributed by atoms with Crippen molar-refractivity contribution in [2.45, 2.75) is 13.8 Å². The molecular formula is C11H11IO3. The minimum Gasteiger partial charge on any atom is -0.493 e. The lowest BCUT2D eigenvalue weighted by atomic mass is 10.1. The normalized spacial score (nSPS) is 9.80. The fraction of sp³-hybridized carbons (Fsp3) is 0.273. The van der Waals surface area contributed by atoms with Gasteiger partial charge in [0.2, 0.25) is 0 Å². The van der Waals surface area contributed by atoms with Gasteiger partial charge in [0, 0.05) is 9.13 Å². The SMILES string of the molecule is CCOc1ccc(C(C)=O)c(I)c1C=O. The lowest BCUT2D eigenvalue weighted by molar-refractivity contribution is 0.101. The Morgan fingerprint density at radius 3 is 2.67 bits per heavy atom. The molecule has 0 bridgehead atoms. The molecule has 0 aliphatic rings. The van der Waals surface area contributed by atoms with Crippen LogP contribution in [-0.2, 0) is 0 Å². The molecule has 3 nitrogen and oxygen atoms in total. The molecule has 15 heavy (non-hydrogen) atoms. The van der Waals surface area contributed by atoms with E-state index < -0.39 is 0 Å². The van der Waals surface area contributed by atoms with E-state index in [1.165, 1.54) is 6.92 Å². The third kappa shape index (κ3) is 2.56. The van der Waals surface area contributed by atoms with Crippen LogP contribution in [0, 0.1) is 3.57 Å². The van der Waals surface area contributed by atoms with Crippen molar-refractivity contribution in [2.75, 3.05) is 6.61 Å². The Bertz CT molecular complexity index is 399. The van der Waals surface area contributed by atoms with Gasteiger partial charge >= 0.3 is 0 Å². The lowest BCUT2D eigenvalue weighted by Gasteiger charge is -2.09. The Hall–Kier alpha value is -0.910. The minimum atomic E-state index is -0.0504. The van der Waals surface area contributed by atoms with Crippen LogP contribution in [0.3, 0.4) is 0 Å². The smallest absolute Gasteiger partial charge is 0.160 e. The number of Topliss-reactive ketones (excluding diaryl/α,β-unsaturated/α-hetero) is 1. The monoisotopic (exact) mass is 318 g/mol. The van der Waals surface area contributed by atoms with Crippen molar-refractivity contribution in [3.8, 4) is 5.75 Å². The van der Waals surface area contributed by atoms with E-state index in [4.69, 9.17) is 4.74 Å². The highest BCUT2D eigenvalue weighted by Gasteiger charge is 2.13. The predicted octanol–water partition coefficient (Wildman–Crippen LogP) is 2.71. The molecule has 80 valence electrons. The van der Waals surface area contributed by atoms with Gasteiger partial charge in [-0.3, -0.25) is 9.59 Å². The first-order valence-electron chi connectivity index (χ1n) is 4.53. The molecule has 0 fully saturated rings. The number of benzene rings is 1. The molecule has 1 rings (SSSR count). The molecule has 0 radical (unpaired) electrons. The summed E-state index contributed by atoms with van der Waals surface area (Å²) in [5, 5.41) is 0. The highest BCUT2D eigenvalue weighted by molar-refractivity contribution is 14.1. The van der Waals surface area contributed by atoms with E-state index in [0.717, 1.165) is 6.29 Å². The van der Waals surface area contributed by atoms with Crippen LogP contribution in [0.15, 0.2) is 12.1 Å². The van der Waals surface area contributed by atoms with Gasteiger partial charge in [-0.05, 0) is 48.6 Å². The Balaban J connectivity index is 3.32. The third-order valence-electron chi connectivity index (χ3n) is 1.94. The summed E-state index contributed by atoms with van der Waals surface area (Å²) in [5.74, 6) is 0.479. The van der Waals surface area contributed by atoms with E-state index in [1.54, 1.807) is 12.1 Å². The van der Waals surface area contributed by atoms with E-state index in [0.29, 0.717) is 27.1 Å². The molecule has 0 spiro atoms. The standard InChI is InChI=1S/C11H11IO3/c1-3-15-10-5-4-8(7(2)14)11(12)9(10)6-13/h4-6H,3H2,1-2H3. The average Bonchev–Trinajstić information content (AvgIpc) is 2.18. The number of hydrogen-bond acceptors (Lipinski definition) is 3. The van der Waals surface area contributed by atoms with Gasteiger partial charge in [0.1, 0.15) is 5.75 Å². The van der Waals surface area contributed by atoms with Gasteiger partial charge in [0.05, 0.1) is 12.2 Å². The number of halogens is 1. The van der Waals surface area contributed by atoms with Crippen molar-refractivity contribution in [3.05, 3.63) is 26.8 Å². The summed E-state index contributed by atoms with van der Waals surface area (Å²) in [5.41, 5.74) is 1.01. The van der Waals surface area contributed by atoms with Crippen LogP contribution in [0.4, 0.5) is 0 Å². The number of rotatable bonds is 4. The van der Waals surface area contributed by atoms with Gasteiger partial charge < -0.3 is 4.74 Å². The lowest BCUT2D eigenvalue weighted by Crippen LogP contribution is -2.03. The fourth-order valence-corrected chi connectivity index (χ4v) is 2.19. The Labute approximate surface area is 102 Å². The van der Waals surface area contributed by atoms with Gasteiger partial charge in [0.15, 0.2) is 12.1 Å². The second-order valence-electron chi connectivity index (χ2n) is 2.95. The van der Waals surface area contributed by atoms with Crippen molar-refractivity contribution in [3.63, 3.8) is 0 Å². The van der Waals surface area contributed by atoms with E-state index in [2.05, 4.69) is 0 Å². The van der Waals surface area contributed by atoms with Gasteiger partial charge in [0.25, 0.3) is 0 Å². The van der Waals surface area contributed by atoms with Crippen molar-refractivity contribution < 1.29 is 14.3 Å². The van der Waals surface area contributed by atoms with Crippen molar-refractivity contribution >= 4 is 34.7 Å². The van der Waals surface area contributed by atoms with E-state index >= 15 is 0 Å². The highest BCUT2D eigenvalue weighted by atomic mass is 127. The van der Waals surface area contributed by atoms with Gasteiger partial charge in [-0.2, -0.15) is 0 Å². The topological polar surface area (TPSA) is 43.4 Å². The molecule has 0 aromatic heterocycles. The van der Waals surface area contributed by atoms with Crippen LogP contribution in [0.2, 0.25) is 0 Å². The maximum absolute atomic E-state index is 11.2. The quantitative estimate of drug-likeness (QED) is 0.487. The summed E-state index contributed by atoms with van der Waals surface area (Å²) in [7, 11) is 0. The average molecular weight is 318 g/mol. The van der Waals surface area contributed by atoms with Gasteiger partial charge in [-0.15, -0.1) is 0 Å². The molecule has 0 aliphatic heterocycles. The molecule has 0 N–H and O–H groups in total. The number of carbonyl (C=O) groups excluding carboxylic acids is 2. The van der Waals surface area contributed by atoms with E-state index in [1.807, 2.05) is 29.5 Å². The number of aldehydes is 1. The van der Waals surface area contributed by atoms with E-state index in [9.17, 15) is 9.59 Å². The van der Waals surface area contributed by atoms with Crippen molar-refractivity contribution in [1.82, 2.24) is 0 Å². The van der Waals surface area contributed by atoms with Crippen LogP contribution < -0.4 is 4.74 Å². The van der Waals surface area contributed by atoms with Crippen LogP contribution in [0.1, 0.15) is 34.6 Å². The second kappa shape index (κ2) is 5.25. The van der Waals surface area contributed by atoms with Gasteiger partial charge in [-0.1, -0.05) is 0 Å². The summed E-state index contributed by atoms with van der Waals surface area (Å²) >= 11 is 1.99. The molecule has 0 saturated heterocycles. The van der Waals surface area contributed by atoms with Crippen LogP contribution in [0.5, 0.6) is 5.75 Å². The van der Waals surface area contributed by atoms with Crippen LogP contribution in [-0.4, -0.2) is 18.7 Å². The first-order valence-corrected chi connectivity index (χ1v) is 5.61. The third-order valence-corrected chi connectivity index (χ3v) is 3.10. The van der Waals surface area contributed by atoms with E-state index in [-0.39, 0.29) is 5.78 Å². The molecule has 0 atom stereocenters. The maximum Gasteiger partial charge on any atom is 0.160 e. The predicted molar refractivity (Wildman–Crippen MR) is 65.7 cm³/mol. The molecule has 1 aromatic carbocycles. The zero-order valence-corrected chi connectivity index (χ0v) is 10.7. The van der Waals surface area contributed by atoms with Crippen molar-refractivity contribution in [2.24, 2.45) is 0 Å². The molecular weight excluding hydrogens is 307 g/mol. The molecule has 0 saturated carbocycles. The number of ether oxygens (including phenoxy) is 1. The molecule has 1 aromatic rings. The van der Waals surface area contributed by atoms with Crippen LogP contribution >= 0.6 is 22.6 Å².